The number of nitrogens with one attached hydrogen (secondary N) is 1. The van der Waals surface area contributed by atoms with Crippen molar-refractivity contribution in [3.8, 4) is 0 Å². The lowest BCUT2D eigenvalue weighted by molar-refractivity contribution is -0.0355. The molecule has 1 N–H and O–H groups in total. The SMILES string of the molecule is CN(C)c1nccnc1[C@@H]1CN(Cc2ncc[nH]2)CCO1. The van der Waals surface area contributed by atoms with E-state index in [0.717, 1.165) is 37.0 Å². The van der Waals surface area contributed by atoms with Crippen LogP contribution in [0.25, 0.3) is 0 Å². The number of imidazole rings is 1. The second-order valence-electron chi connectivity index (χ2n) is 5.29. The van der Waals surface area contributed by atoms with Crippen LogP contribution in [0.5, 0.6) is 0 Å². The number of aromatic nitrogens is 4. The monoisotopic (exact) mass is 288 g/mol. The molecule has 0 aromatic carbocycles. The Bertz CT molecular complexity index is 571. The van der Waals surface area contributed by atoms with Crippen LogP contribution in [0.3, 0.4) is 0 Å². The van der Waals surface area contributed by atoms with Gasteiger partial charge in [-0.3, -0.25) is 9.88 Å². The van der Waals surface area contributed by atoms with Gasteiger partial charge in [-0.1, -0.05) is 0 Å². The summed E-state index contributed by atoms with van der Waals surface area (Å²) in [6.07, 6.45) is 7.00. The first-order valence-corrected chi connectivity index (χ1v) is 7.04. The van der Waals surface area contributed by atoms with Crippen molar-refractivity contribution in [1.82, 2.24) is 24.8 Å². The van der Waals surface area contributed by atoms with E-state index >= 15 is 0 Å². The maximum Gasteiger partial charge on any atom is 0.152 e. The third kappa shape index (κ3) is 3.20. The summed E-state index contributed by atoms with van der Waals surface area (Å²) in [5.74, 6) is 1.84. The van der Waals surface area contributed by atoms with Crippen LogP contribution in [0.2, 0.25) is 0 Å². The Morgan fingerprint density at radius 2 is 2.14 bits per heavy atom. The van der Waals surface area contributed by atoms with Crippen molar-refractivity contribution in [3.05, 3.63) is 36.3 Å². The Hall–Kier alpha value is -1.99. The van der Waals surface area contributed by atoms with Crippen molar-refractivity contribution in [1.29, 1.82) is 0 Å². The van der Waals surface area contributed by atoms with E-state index in [1.807, 2.05) is 25.2 Å². The molecule has 1 aliphatic heterocycles. The van der Waals surface area contributed by atoms with Gasteiger partial charge in [0.1, 0.15) is 17.6 Å². The lowest BCUT2D eigenvalue weighted by Crippen LogP contribution is -2.38. The fraction of sp³-hybridized carbons (Fsp3) is 0.500. The van der Waals surface area contributed by atoms with E-state index in [-0.39, 0.29) is 6.10 Å². The van der Waals surface area contributed by atoms with Crippen LogP contribution in [0, 0.1) is 0 Å². The minimum atomic E-state index is -0.0557. The normalized spacial score (nSPS) is 19.6. The van der Waals surface area contributed by atoms with Crippen LogP contribution in [0.15, 0.2) is 24.8 Å². The lowest BCUT2D eigenvalue weighted by atomic mass is 10.2. The summed E-state index contributed by atoms with van der Waals surface area (Å²) in [5.41, 5.74) is 0.895. The first kappa shape index (κ1) is 14.0. The Morgan fingerprint density at radius 1 is 1.29 bits per heavy atom. The molecule has 3 rings (SSSR count). The molecule has 0 radical (unpaired) electrons. The fourth-order valence-corrected chi connectivity index (χ4v) is 2.52. The Balaban J connectivity index is 1.74. The first-order valence-electron chi connectivity index (χ1n) is 7.04. The average Bonchev–Trinajstić information content (AvgIpc) is 3.00. The van der Waals surface area contributed by atoms with Gasteiger partial charge in [-0.05, 0) is 0 Å². The number of nitrogens with zero attached hydrogens (tertiary/aromatic N) is 5. The minimum absolute atomic E-state index is 0.0557. The lowest BCUT2D eigenvalue weighted by Gasteiger charge is -2.33. The van der Waals surface area contributed by atoms with Crippen molar-refractivity contribution in [2.75, 3.05) is 38.7 Å². The number of ether oxygens (including phenoxy) is 1. The highest BCUT2D eigenvalue weighted by Gasteiger charge is 2.26. The highest BCUT2D eigenvalue weighted by Crippen LogP contribution is 2.26. The van der Waals surface area contributed by atoms with Gasteiger partial charge in [0.25, 0.3) is 0 Å². The van der Waals surface area contributed by atoms with Crippen LogP contribution >= 0.6 is 0 Å². The number of H-pyrrole nitrogens is 1. The van der Waals surface area contributed by atoms with Crippen LogP contribution in [-0.2, 0) is 11.3 Å². The van der Waals surface area contributed by atoms with Crippen molar-refractivity contribution >= 4 is 5.82 Å². The Morgan fingerprint density at radius 3 is 2.90 bits per heavy atom. The van der Waals surface area contributed by atoms with Crippen molar-refractivity contribution < 1.29 is 4.74 Å². The largest absolute Gasteiger partial charge is 0.369 e. The molecule has 21 heavy (non-hydrogen) atoms. The topological polar surface area (TPSA) is 70.2 Å². The minimum Gasteiger partial charge on any atom is -0.369 e. The molecule has 7 heteroatoms. The molecule has 1 aliphatic rings. The Labute approximate surface area is 124 Å². The highest BCUT2D eigenvalue weighted by atomic mass is 16.5. The van der Waals surface area contributed by atoms with Gasteiger partial charge in [0, 0.05) is 52.0 Å². The zero-order valence-corrected chi connectivity index (χ0v) is 12.4. The molecule has 0 aliphatic carbocycles. The van der Waals surface area contributed by atoms with Crippen LogP contribution in [0.1, 0.15) is 17.6 Å². The number of rotatable bonds is 4. The second-order valence-corrected chi connectivity index (χ2v) is 5.29. The first-order chi connectivity index (χ1) is 10.2. The van der Waals surface area contributed by atoms with E-state index < -0.39 is 0 Å². The molecule has 112 valence electrons. The molecule has 2 aromatic heterocycles. The quantitative estimate of drug-likeness (QED) is 0.899. The summed E-state index contributed by atoms with van der Waals surface area (Å²) in [6.45, 7) is 3.17. The van der Waals surface area contributed by atoms with E-state index in [4.69, 9.17) is 4.74 Å². The third-order valence-corrected chi connectivity index (χ3v) is 3.51. The van der Waals surface area contributed by atoms with Crippen molar-refractivity contribution in [2.24, 2.45) is 0 Å². The summed E-state index contributed by atoms with van der Waals surface area (Å²) < 4.78 is 5.90. The second kappa shape index (κ2) is 6.19. The molecule has 0 spiro atoms. The zero-order valence-electron chi connectivity index (χ0n) is 12.4. The number of hydrogen-bond donors (Lipinski definition) is 1. The number of aromatic amines is 1. The molecule has 7 nitrogen and oxygen atoms in total. The standard InChI is InChI=1S/C14H20N6O/c1-19(2)14-13(17-5-6-18-14)11-9-20(7-8-21-11)10-12-15-3-4-16-12/h3-6,11H,7-10H2,1-2H3,(H,15,16)/t11-/m0/s1. The predicted molar refractivity (Wildman–Crippen MR) is 78.9 cm³/mol. The maximum absolute atomic E-state index is 5.90. The highest BCUT2D eigenvalue weighted by molar-refractivity contribution is 5.42. The predicted octanol–water partition coefficient (Wildman–Crippen LogP) is 0.839. The number of anilines is 1. The molecular weight excluding hydrogens is 268 g/mol. The number of hydrogen-bond acceptors (Lipinski definition) is 6. The molecule has 0 bridgehead atoms. The summed E-state index contributed by atoms with van der Waals surface area (Å²) in [6, 6.07) is 0. The molecule has 1 atom stereocenters. The molecule has 1 saturated heterocycles. The molecule has 1 fully saturated rings. The van der Waals surface area contributed by atoms with E-state index in [1.54, 1.807) is 18.6 Å². The maximum atomic E-state index is 5.90. The fourth-order valence-electron chi connectivity index (χ4n) is 2.52. The van der Waals surface area contributed by atoms with E-state index in [0.29, 0.717) is 6.61 Å². The van der Waals surface area contributed by atoms with Gasteiger partial charge in [-0.25, -0.2) is 9.97 Å². The van der Waals surface area contributed by atoms with Gasteiger partial charge >= 0.3 is 0 Å². The van der Waals surface area contributed by atoms with Gasteiger partial charge in [-0.2, -0.15) is 0 Å². The molecular formula is C14H20N6O. The molecule has 0 unspecified atom stereocenters. The van der Waals surface area contributed by atoms with Crippen molar-refractivity contribution in [3.63, 3.8) is 0 Å². The third-order valence-electron chi connectivity index (χ3n) is 3.51. The van der Waals surface area contributed by atoms with Gasteiger partial charge in [0.2, 0.25) is 0 Å². The molecule has 0 amide bonds. The zero-order chi connectivity index (χ0) is 14.7. The molecule has 2 aromatic rings. The van der Waals surface area contributed by atoms with E-state index in [9.17, 15) is 0 Å². The van der Waals surface area contributed by atoms with Gasteiger partial charge < -0.3 is 14.6 Å². The van der Waals surface area contributed by atoms with E-state index in [2.05, 4.69) is 24.8 Å². The molecule has 0 saturated carbocycles. The van der Waals surface area contributed by atoms with Crippen molar-refractivity contribution in [2.45, 2.75) is 12.6 Å². The van der Waals surface area contributed by atoms with Crippen LogP contribution in [0.4, 0.5) is 5.82 Å². The number of morpholine rings is 1. The van der Waals surface area contributed by atoms with Crippen LogP contribution < -0.4 is 4.90 Å². The smallest absolute Gasteiger partial charge is 0.152 e. The average molecular weight is 288 g/mol. The summed E-state index contributed by atoms with van der Waals surface area (Å²) >= 11 is 0. The van der Waals surface area contributed by atoms with Crippen LogP contribution in [-0.4, -0.2) is 58.6 Å². The van der Waals surface area contributed by atoms with Gasteiger partial charge in [0.15, 0.2) is 5.82 Å². The summed E-state index contributed by atoms with van der Waals surface area (Å²) in [7, 11) is 3.94. The summed E-state index contributed by atoms with van der Waals surface area (Å²) in [4.78, 5) is 20.6. The Kier molecular flexibility index (Phi) is 4.12. The molecule has 3 heterocycles. The van der Waals surface area contributed by atoms with E-state index in [1.165, 1.54) is 0 Å². The summed E-state index contributed by atoms with van der Waals surface area (Å²) in [5, 5.41) is 0. The van der Waals surface area contributed by atoms with Gasteiger partial charge in [-0.15, -0.1) is 0 Å². The van der Waals surface area contributed by atoms with Gasteiger partial charge in [0.05, 0.1) is 13.2 Å².